The van der Waals surface area contributed by atoms with Crippen molar-refractivity contribution in [1.82, 2.24) is 0 Å². The minimum Gasteiger partial charge on any atom is -0.481 e. The van der Waals surface area contributed by atoms with Crippen molar-refractivity contribution >= 4 is 34.7 Å². The molecule has 4 rings (SSSR count). The van der Waals surface area contributed by atoms with Crippen LogP contribution in [0.15, 0.2) is 24.3 Å². The highest BCUT2D eigenvalue weighted by molar-refractivity contribution is 7.12. The van der Waals surface area contributed by atoms with Gasteiger partial charge in [-0.15, -0.1) is 11.3 Å². The zero-order valence-corrected chi connectivity index (χ0v) is 18.7. The van der Waals surface area contributed by atoms with Gasteiger partial charge < -0.3 is 10.4 Å². The molecule has 0 aliphatic heterocycles. The first-order chi connectivity index (χ1) is 15.6. The Morgan fingerprint density at radius 1 is 1.00 bits per heavy atom. The summed E-state index contributed by atoms with van der Waals surface area (Å²) in [5.41, 5.74) is 0.749. The second-order valence-corrected chi connectivity index (χ2v) is 9.85. The first-order valence-electron chi connectivity index (χ1n) is 11.0. The molecule has 0 bridgehead atoms. The minimum absolute atomic E-state index is 0.00186. The van der Waals surface area contributed by atoms with E-state index in [1.807, 2.05) is 0 Å². The molecule has 2 aliphatic rings. The molecule has 2 aliphatic carbocycles. The van der Waals surface area contributed by atoms with Crippen LogP contribution in [0.1, 0.15) is 63.3 Å². The number of hydrogen-bond acceptors (Lipinski definition) is 4. The molecule has 5 nitrogen and oxygen atoms in total. The van der Waals surface area contributed by atoms with Gasteiger partial charge in [0, 0.05) is 27.8 Å². The number of aryl methyl sites for hydroxylation is 1. The number of carbonyl (C=O) groups excluding carboxylic acids is 2. The molecule has 33 heavy (non-hydrogen) atoms. The monoisotopic (exact) mass is 479 g/mol. The van der Waals surface area contributed by atoms with E-state index >= 15 is 0 Å². The maximum absolute atomic E-state index is 13.1. The molecule has 2 atom stereocenters. The predicted octanol–water partition coefficient (Wildman–Crippen LogP) is 5.51. The van der Waals surface area contributed by atoms with Gasteiger partial charge in [0.2, 0.25) is 0 Å². The molecule has 1 heterocycles. The van der Waals surface area contributed by atoms with Crippen molar-refractivity contribution in [3.8, 4) is 0 Å². The molecular formula is C24H24F3NO4S. The largest absolute Gasteiger partial charge is 0.481 e. The highest BCUT2D eigenvalue weighted by atomic mass is 32.1. The Morgan fingerprint density at radius 3 is 2.30 bits per heavy atom. The van der Waals surface area contributed by atoms with Crippen LogP contribution in [0.3, 0.4) is 0 Å². The van der Waals surface area contributed by atoms with E-state index in [2.05, 4.69) is 5.32 Å². The van der Waals surface area contributed by atoms with Crippen molar-refractivity contribution in [1.29, 1.82) is 0 Å². The van der Waals surface area contributed by atoms with Crippen LogP contribution in [0.2, 0.25) is 0 Å². The number of amides is 1. The zero-order chi connectivity index (χ0) is 23.8. The summed E-state index contributed by atoms with van der Waals surface area (Å²) in [6, 6.07) is 4.23. The van der Waals surface area contributed by atoms with Crippen LogP contribution < -0.4 is 5.32 Å². The summed E-state index contributed by atoms with van der Waals surface area (Å²) in [6.07, 6.45) is 0.574. The lowest BCUT2D eigenvalue weighted by atomic mass is 9.76. The number of thiophene rings is 1. The van der Waals surface area contributed by atoms with Crippen LogP contribution in [0, 0.1) is 11.8 Å². The van der Waals surface area contributed by atoms with Crippen molar-refractivity contribution in [2.75, 3.05) is 5.32 Å². The number of aliphatic carboxylic acids is 1. The Hall–Kier alpha value is -2.68. The molecule has 176 valence electrons. The summed E-state index contributed by atoms with van der Waals surface area (Å²) >= 11 is 1.42. The molecule has 1 saturated carbocycles. The Morgan fingerprint density at radius 2 is 1.67 bits per heavy atom. The van der Waals surface area contributed by atoms with E-state index in [0.717, 1.165) is 48.3 Å². The SMILES string of the molecule is O=C(Nc1ccc(C(F)(F)F)cc1)c1c(CC(=O)C2CCCCC2C(=O)O)sc2c1CCC2. The lowest BCUT2D eigenvalue weighted by Gasteiger charge is -2.27. The van der Waals surface area contributed by atoms with Crippen LogP contribution in [-0.4, -0.2) is 22.8 Å². The molecule has 2 aromatic rings. The van der Waals surface area contributed by atoms with Gasteiger partial charge in [-0.25, -0.2) is 0 Å². The van der Waals surface area contributed by atoms with E-state index in [1.54, 1.807) is 0 Å². The fourth-order valence-electron chi connectivity index (χ4n) is 4.89. The van der Waals surface area contributed by atoms with Gasteiger partial charge in [-0.1, -0.05) is 12.8 Å². The van der Waals surface area contributed by atoms with Crippen LogP contribution in [0.5, 0.6) is 0 Å². The molecule has 1 aromatic carbocycles. The molecule has 0 radical (unpaired) electrons. The van der Waals surface area contributed by atoms with Crippen LogP contribution in [0.4, 0.5) is 18.9 Å². The number of alkyl halides is 3. The van der Waals surface area contributed by atoms with E-state index in [0.29, 0.717) is 29.7 Å². The Balaban J connectivity index is 1.56. The van der Waals surface area contributed by atoms with Crippen LogP contribution >= 0.6 is 11.3 Å². The second kappa shape index (κ2) is 9.29. The van der Waals surface area contributed by atoms with E-state index in [1.165, 1.54) is 23.5 Å². The topological polar surface area (TPSA) is 83.5 Å². The first-order valence-corrected chi connectivity index (χ1v) is 11.8. The molecule has 2 unspecified atom stereocenters. The minimum atomic E-state index is -4.46. The number of rotatable bonds is 6. The van der Waals surface area contributed by atoms with E-state index in [4.69, 9.17) is 0 Å². The normalized spacial score (nSPS) is 20.3. The third-order valence-corrected chi connectivity index (χ3v) is 7.81. The third-order valence-electron chi connectivity index (χ3n) is 6.52. The van der Waals surface area contributed by atoms with Gasteiger partial charge in [-0.2, -0.15) is 13.2 Å². The molecule has 0 spiro atoms. The number of benzene rings is 1. The van der Waals surface area contributed by atoms with Gasteiger partial charge in [0.15, 0.2) is 0 Å². The van der Waals surface area contributed by atoms with Gasteiger partial charge in [-0.3, -0.25) is 14.4 Å². The van der Waals surface area contributed by atoms with Crippen molar-refractivity contribution < 1.29 is 32.7 Å². The van der Waals surface area contributed by atoms with Crippen molar-refractivity contribution in [2.24, 2.45) is 11.8 Å². The maximum atomic E-state index is 13.1. The number of anilines is 1. The number of nitrogens with one attached hydrogen (secondary N) is 1. The number of Topliss-reactive ketones (excluding diaryl/α,β-unsaturated/α-hetero) is 1. The summed E-state index contributed by atoms with van der Waals surface area (Å²) in [5, 5.41) is 12.2. The zero-order valence-electron chi connectivity index (χ0n) is 17.8. The van der Waals surface area contributed by atoms with E-state index < -0.39 is 35.5 Å². The van der Waals surface area contributed by atoms with Crippen LogP contribution in [-0.2, 0) is 35.0 Å². The molecular weight excluding hydrogens is 455 g/mol. The van der Waals surface area contributed by atoms with Gasteiger partial charge in [-0.05, 0) is 61.9 Å². The quantitative estimate of drug-likeness (QED) is 0.572. The smallest absolute Gasteiger partial charge is 0.416 e. The average molecular weight is 480 g/mol. The molecule has 1 amide bonds. The number of hydrogen-bond donors (Lipinski definition) is 2. The number of carbonyl (C=O) groups is 3. The molecule has 9 heteroatoms. The Labute approximate surface area is 193 Å². The predicted molar refractivity (Wildman–Crippen MR) is 118 cm³/mol. The van der Waals surface area contributed by atoms with Gasteiger partial charge in [0.1, 0.15) is 5.78 Å². The highest BCUT2D eigenvalue weighted by Gasteiger charge is 2.37. The number of halogens is 3. The standard InChI is InChI=1S/C24H24F3NO4S/c25-24(26,27)13-8-10-14(11-9-13)28-22(30)21-17-6-3-7-19(17)33-20(21)12-18(29)15-4-1-2-5-16(15)23(31)32/h8-11,15-16H,1-7,12H2,(H,28,30)(H,31,32). The first kappa shape index (κ1) is 23.5. The van der Waals surface area contributed by atoms with E-state index in [-0.39, 0.29) is 17.9 Å². The highest BCUT2D eigenvalue weighted by Crippen LogP contribution is 2.38. The molecule has 0 saturated heterocycles. The van der Waals surface area contributed by atoms with E-state index in [9.17, 15) is 32.7 Å². The average Bonchev–Trinajstić information content (AvgIpc) is 3.34. The summed E-state index contributed by atoms with van der Waals surface area (Å²) in [4.78, 5) is 39.5. The second-order valence-electron chi connectivity index (χ2n) is 8.66. The number of carboxylic acids is 1. The lowest BCUT2D eigenvalue weighted by Crippen LogP contribution is -2.33. The summed E-state index contributed by atoms with van der Waals surface area (Å²) in [6.45, 7) is 0. The summed E-state index contributed by atoms with van der Waals surface area (Å²) in [5.74, 6) is -2.82. The summed E-state index contributed by atoms with van der Waals surface area (Å²) < 4.78 is 38.4. The lowest BCUT2D eigenvalue weighted by molar-refractivity contribution is -0.148. The fourth-order valence-corrected chi connectivity index (χ4v) is 6.29. The summed E-state index contributed by atoms with van der Waals surface area (Å²) in [7, 11) is 0. The Bertz CT molecular complexity index is 1070. The number of fused-ring (bicyclic) bond motifs is 1. The van der Waals surface area contributed by atoms with Gasteiger partial charge >= 0.3 is 12.1 Å². The number of carboxylic acid groups (broad SMARTS) is 1. The Kier molecular flexibility index (Phi) is 6.61. The third kappa shape index (κ3) is 4.98. The maximum Gasteiger partial charge on any atom is 0.416 e. The van der Waals surface area contributed by atoms with Crippen molar-refractivity contribution in [2.45, 2.75) is 57.5 Å². The molecule has 2 N–H and O–H groups in total. The van der Waals surface area contributed by atoms with Crippen LogP contribution in [0.25, 0.3) is 0 Å². The van der Waals surface area contributed by atoms with Crippen molar-refractivity contribution in [3.05, 3.63) is 50.7 Å². The molecule has 1 fully saturated rings. The number of ketones is 1. The molecule has 1 aromatic heterocycles. The van der Waals surface area contributed by atoms with Gasteiger partial charge in [0.05, 0.1) is 17.0 Å². The fraction of sp³-hybridized carbons (Fsp3) is 0.458. The van der Waals surface area contributed by atoms with Gasteiger partial charge in [0.25, 0.3) is 5.91 Å². The van der Waals surface area contributed by atoms with Crippen molar-refractivity contribution in [3.63, 3.8) is 0 Å².